The van der Waals surface area contributed by atoms with Gasteiger partial charge in [0.1, 0.15) is 5.82 Å². The van der Waals surface area contributed by atoms with Crippen LogP contribution in [-0.2, 0) is 16.8 Å². The number of likely N-dealkylation sites (N-methyl/N-ethyl adjacent to an activating group) is 1. The fourth-order valence-electron chi connectivity index (χ4n) is 4.77. The number of aromatic nitrogens is 2. The van der Waals surface area contributed by atoms with Gasteiger partial charge in [-0.2, -0.15) is 5.10 Å². The first-order chi connectivity index (χ1) is 14.4. The zero-order valence-electron chi connectivity index (χ0n) is 17.9. The van der Waals surface area contributed by atoms with Gasteiger partial charge in [-0.15, -0.1) is 0 Å². The number of rotatable bonds is 5. The van der Waals surface area contributed by atoms with Crippen LogP contribution >= 0.6 is 0 Å². The third-order valence-electron chi connectivity index (χ3n) is 6.45. The van der Waals surface area contributed by atoms with Crippen LogP contribution in [0.2, 0.25) is 0 Å². The van der Waals surface area contributed by atoms with Crippen LogP contribution in [0.25, 0.3) is 5.69 Å². The molecule has 0 N–H and O–H groups in total. The number of benzene rings is 2. The molecule has 4 rings (SSSR count). The summed E-state index contributed by atoms with van der Waals surface area (Å²) in [5.41, 5.74) is 4.42. The zero-order chi connectivity index (χ0) is 21.3. The minimum atomic E-state index is -0.556. The summed E-state index contributed by atoms with van der Waals surface area (Å²) in [5, 5.41) is 4.71. The van der Waals surface area contributed by atoms with Crippen LogP contribution < -0.4 is 0 Å². The van der Waals surface area contributed by atoms with Gasteiger partial charge in [-0.25, -0.2) is 9.07 Å². The summed E-state index contributed by atoms with van der Waals surface area (Å²) >= 11 is 0. The van der Waals surface area contributed by atoms with Crippen molar-refractivity contribution in [3.8, 4) is 5.69 Å². The first-order valence-corrected chi connectivity index (χ1v) is 10.5. The molecule has 0 unspecified atom stereocenters. The summed E-state index contributed by atoms with van der Waals surface area (Å²) in [7, 11) is 1.87. The Morgan fingerprint density at radius 2 is 1.70 bits per heavy atom. The van der Waals surface area contributed by atoms with Gasteiger partial charge in [0.15, 0.2) is 0 Å². The Kier molecular flexibility index (Phi) is 5.46. The van der Waals surface area contributed by atoms with E-state index >= 15 is 0 Å². The molecule has 0 saturated heterocycles. The van der Waals surface area contributed by atoms with Crippen molar-refractivity contribution in [1.29, 1.82) is 0 Å². The molecule has 0 aliphatic heterocycles. The third kappa shape index (κ3) is 3.53. The van der Waals surface area contributed by atoms with Crippen molar-refractivity contribution in [2.45, 2.75) is 51.5 Å². The van der Waals surface area contributed by atoms with E-state index < -0.39 is 5.41 Å². The molecule has 1 saturated carbocycles. The second kappa shape index (κ2) is 8.05. The van der Waals surface area contributed by atoms with Crippen LogP contribution in [0.15, 0.2) is 54.6 Å². The molecule has 156 valence electrons. The number of amides is 1. The molecule has 5 heteroatoms. The summed E-state index contributed by atoms with van der Waals surface area (Å²) in [6.07, 6.45) is 3.65. The molecule has 0 atom stereocenters. The minimum Gasteiger partial charge on any atom is -0.341 e. The number of para-hydroxylation sites is 1. The monoisotopic (exact) mass is 405 g/mol. The van der Waals surface area contributed by atoms with Crippen molar-refractivity contribution in [1.82, 2.24) is 14.7 Å². The number of carbonyl (C=O) groups excluding carboxylic acids is 1. The van der Waals surface area contributed by atoms with E-state index in [1.54, 1.807) is 12.1 Å². The van der Waals surface area contributed by atoms with Gasteiger partial charge < -0.3 is 4.90 Å². The molecule has 1 heterocycles. The summed E-state index contributed by atoms with van der Waals surface area (Å²) in [6, 6.07) is 16.5. The summed E-state index contributed by atoms with van der Waals surface area (Å²) in [5.74, 6) is -0.162. The van der Waals surface area contributed by atoms with Crippen LogP contribution in [0.1, 0.15) is 48.2 Å². The van der Waals surface area contributed by atoms with E-state index in [1.165, 1.54) is 12.1 Å². The molecule has 1 aromatic heterocycles. The molecular formula is C25H28FN3O. The molecule has 30 heavy (non-hydrogen) atoms. The first-order valence-electron chi connectivity index (χ1n) is 10.5. The lowest BCUT2D eigenvalue weighted by Crippen LogP contribution is -2.43. The van der Waals surface area contributed by atoms with Crippen LogP contribution in [0.5, 0.6) is 0 Å². The summed E-state index contributed by atoms with van der Waals surface area (Å²) in [4.78, 5) is 15.5. The Morgan fingerprint density at radius 3 is 2.33 bits per heavy atom. The van der Waals surface area contributed by atoms with Gasteiger partial charge in [0.05, 0.1) is 16.8 Å². The van der Waals surface area contributed by atoms with E-state index in [1.807, 2.05) is 60.8 Å². The molecule has 4 nitrogen and oxygen atoms in total. The Balaban J connectivity index is 1.62. The number of aryl methyl sites for hydroxylation is 1. The number of carbonyl (C=O) groups is 1. The predicted molar refractivity (Wildman–Crippen MR) is 116 cm³/mol. The predicted octanol–water partition coefficient (Wildman–Crippen LogP) is 5.10. The van der Waals surface area contributed by atoms with Crippen LogP contribution in [0, 0.1) is 19.7 Å². The highest BCUT2D eigenvalue weighted by Gasteiger charge is 2.44. The maximum atomic E-state index is 13.7. The molecule has 3 aromatic rings. The molecular weight excluding hydrogens is 377 g/mol. The highest BCUT2D eigenvalue weighted by atomic mass is 19.1. The smallest absolute Gasteiger partial charge is 0.233 e. The van der Waals surface area contributed by atoms with Gasteiger partial charge in [-0.1, -0.05) is 43.2 Å². The fourth-order valence-corrected chi connectivity index (χ4v) is 4.77. The third-order valence-corrected chi connectivity index (χ3v) is 6.45. The normalized spacial score (nSPS) is 15.3. The average molecular weight is 406 g/mol. The van der Waals surface area contributed by atoms with Gasteiger partial charge in [0.2, 0.25) is 5.91 Å². The van der Waals surface area contributed by atoms with Crippen molar-refractivity contribution < 1.29 is 9.18 Å². The summed E-state index contributed by atoms with van der Waals surface area (Å²) < 4.78 is 15.4. The maximum absolute atomic E-state index is 13.7. The minimum absolute atomic E-state index is 0.109. The molecule has 1 amide bonds. The standard InChI is InChI=1S/C25H28FN3O/c1-18-23(19(2)29(27-18)22-9-5-4-6-10-22)17-28(3)24(30)25(15-7-8-16-25)20-11-13-21(26)14-12-20/h4-6,9-14H,7-8,15-17H2,1-3H3. The van der Waals surface area contributed by atoms with Crippen molar-refractivity contribution >= 4 is 5.91 Å². The van der Waals surface area contributed by atoms with E-state index in [0.29, 0.717) is 6.54 Å². The van der Waals surface area contributed by atoms with E-state index in [0.717, 1.165) is 53.9 Å². The van der Waals surface area contributed by atoms with Gasteiger partial charge in [0, 0.05) is 24.8 Å². The molecule has 2 aromatic carbocycles. The Labute approximate surface area is 177 Å². The molecule has 1 fully saturated rings. The molecule has 0 radical (unpaired) electrons. The zero-order valence-corrected chi connectivity index (χ0v) is 17.9. The van der Waals surface area contributed by atoms with Crippen molar-refractivity contribution in [3.63, 3.8) is 0 Å². The lowest BCUT2D eigenvalue weighted by Gasteiger charge is -2.33. The number of hydrogen-bond donors (Lipinski definition) is 0. The summed E-state index contributed by atoms with van der Waals surface area (Å²) in [6.45, 7) is 4.55. The highest BCUT2D eigenvalue weighted by molar-refractivity contribution is 5.88. The molecule has 1 aliphatic rings. The second-order valence-corrected chi connectivity index (χ2v) is 8.35. The van der Waals surface area contributed by atoms with Gasteiger partial charge in [0.25, 0.3) is 0 Å². The van der Waals surface area contributed by atoms with Crippen LogP contribution in [0.3, 0.4) is 0 Å². The van der Waals surface area contributed by atoms with Gasteiger partial charge in [-0.3, -0.25) is 4.79 Å². The Morgan fingerprint density at radius 1 is 1.07 bits per heavy atom. The fraction of sp³-hybridized carbons (Fsp3) is 0.360. The lowest BCUT2D eigenvalue weighted by atomic mass is 9.77. The van der Waals surface area contributed by atoms with Crippen molar-refractivity contribution in [3.05, 3.63) is 82.9 Å². The number of halogens is 1. The topological polar surface area (TPSA) is 38.1 Å². The number of hydrogen-bond acceptors (Lipinski definition) is 2. The van der Waals surface area contributed by atoms with E-state index in [9.17, 15) is 9.18 Å². The van der Waals surface area contributed by atoms with Crippen molar-refractivity contribution in [2.24, 2.45) is 0 Å². The SMILES string of the molecule is Cc1nn(-c2ccccc2)c(C)c1CN(C)C(=O)C1(c2ccc(F)cc2)CCCC1. The van der Waals surface area contributed by atoms with E-state index in [-0.39, 0.29) is 11.7 Å². The largest absolute Gasteiger partial charge is 0.341 e. The lowest BCUT2D eigenvalue weighted by molar-refractivity contribution is -0.136. The first kappa shape index (κ1) is 20.3. The van der Waals surface area contributed by atoms with Gasteiger partial charge >= 0.3 is 0 Å². The van der Waals surface area contributed by atoms with E-state index in [4.69, 9.17) is 5.10 Å². The number of nitrogens with zero attached hydrogens (tertiary/aromatic N) is 3. The molecule has 1 aliphatic carbocycles. The van der Waals surface area contributed by atoms with E-state index in [2.05, 4.69) is 0 Å². The Bertz CT molecular complexity index is 1030. The van der Waals surface area contributed by atoms with Crippen molar-refractivity contribution in [2.75, 3.05) is 7.05 Å². The van der Waals surface area contributed by atoms with Crippen LogP contribution in [0.4, 0.5) is 4.39 Å². The quantitative estimate of drug-likeness (QED) is 0.592. The highest BCUT2D eigenvalue weighted by Crippen LogP contribution is 2.42. The average Bonchev–Trinajstić information content (AvgIpc) is 3.36. The maximum Gasteiger partial charge on any atom is 0.233 e. The molecule has 0 bridgehead atoms. The molecule has 0 spiro atoms. The van der Waals surface area contributed by atoms with Gasteiger partial charge in [-0.05, 0) is 56.5 Å². The Hall–Kier alpha value is -2.95. The van der Waals surface area contributed by atoms with Crippen LogP contribution in [-0.4, -0.2) is 27.6 Å². The second-order valence-electron chi connectivity index (χ2n) is 8.35.